The lowest BCUT2D eigenvalue weighted by Gasteiger charge is -2.22. The Hall–Kier alpha value is -0.920. The lowest BCUT2D eigenvalue weighted by atomic mass is 10.2. The van der Waals surface area contributed by atoms with Crippen molar-refractivity contribution in [3.8, 4) is 0 Å². The second-order valence-corrected chi connectivity index (χ2v) is 8.59. The minimum atomic E-state index is -2.93. The number of likely N-dealkylation sites (N-methyl/N-ethyl adjacent to an activating group) is 1. The second kappa shape index (κ2) is 6.46. The van der Waals surface area contributed by atoms with Gasteiger partial charge in [-0.3, -0.25) is 9.69 Å². The molecule has 0 bridgehead atoms. The molecule has 116 valence electrons. The molecule has 1 aromatic rings. The van der Waals surface area contributed by atoms with Gasteiger partial charge in [-0.05, 0) is 54.0 Å². The number of hydrogen-bond donors (Lipinski definition) is 1. The van der Waals surface area contributed by atoms with Gasteiger partial charge in [-0.1, -0.05) is 6.07 Å². The number of rotatable bonds is 4. The molecule has 0 saturated carbocycles. The SMILES string of the molecule is Cc1ccc(NC(=O)CN(C)C2CCS(=O)(=O)C2)c(Br)c1. The minimum Gasteiger partial charge on any atom is -0.324 e. The molecule has 1 unspecified atom stereocenters. The molecule has 1 aliphatic rings. The number of nitrogens with one attached hydrogen (secondary N) is 1. The van der Waals surface area contributed by atoms with Crippen LogP contribution in [0.5, 0.6) is 0 Å². The highest BCUT2D eigenvalue weighted by molar-refractivity contribution is 9.10. The van der Waals surface area contributed by atoms with Crippen LogP contribution in [0.25, 0.3) is 0 Å². The van der Waals surface area contributed by atoms with E-state index < -0.39 is 9.84 Å². The van der Waals surface area contributed by atoms with Crippen LogP contribution in [0.15, 0.2) is 22.7 Å². The van der Waals surface area contributed by atoms with Crippen molar-refractivity contribution in [1.82, 2.24) is 4.90 Å². The number of amides is 1. The molecule has 1 saturated heterocycles. The molecule has 1 atom stereocenters. The zero-order chi connectivity index (χ0) is 15.6. The van der Waals surface area contributed by atoms with E-state index in [1.807, 2.05) is 30.0 Å². The zero-order valence-corrected chi connectivity index (χ0v) is 14.5. The minimum absolute atomic E-state index is 0.0674. The normalized spacial score (nSPS) is 20.7. The molecular weight excluding hydrogens is 356 g/mol. The largest absolute Gasteiger partial charge is 0.324 e. The van der Waals surface area contributed by atoms with Crippen molar-refractivity contribution in [3.63, 3.8) is 0 Å². The van der Waals surface area contributed by atoms with Gasteiger partial charge in [0.15, 0.2) is 9.84 Å². The van der Waals surface area contributed by atoms with Crippen LogP contribution in [-0.2, 0) is 14.6 Å². The van der Waals surface area contributed by atoms with Crippen molar-refractivity contribution in [2.45, 2.75) is 19.4 Å². The van der Waals surface area contributed by atoms with E-state index in [-0.39, 0.29) is 30.0 Å². The first-order chi connectivity index (χ1) is 9.77. The van der Waals surface area contributed by atoms with Gasteiger partial charge in [0.1, 0.15) is 0 Å². The predicted octanol–water partition coefficient (Wildman–Crippen LogP) is 1.81. The van der Waals surface area contributed by atoms with Gasteiger partial charge in [-0.2, -0.15) is 0 Å². The van der Waals surface area contributed by atoms with Gasteiger partial charge in [-0.15, -0.1) is 0 Å². The third kappa shape index (κ3) is 4.52. The molecule has 0 aromatic heterocycles. The first kappa shape index (κ1) is 16.5. The number of halogens is 1. The average Bonchev–Trinajstić information content (AvgIpc) is 2.73. The number of anilines is 1. The quantitative estimate of drug-likeness (QED) is 0.872. The Morgan fingerprint density at radius 3 is 2.76 bits per heavy atom. The summed E-state index contributed by atoms with van der Waals surface area (Å²) in [6.45, 7) is 2.16. The molecule has 21 heavy (non-hydrogen) atoms. The van der Waals surface area contributed by atoms with E-state index in [2.05, 4.69) is 21.2 Å². The summed E-state index contributed by atoms with van der Waals surface area (Å²) in [6, 6.07) is 5.63. The molecule has 1 aliphatic heterocycles. The number of sulfone groups is 1. The predicted molar refractivity (Wildman–Crippen MR) is 87.2 cm³/mol. The van der Waals surface area contributed by atoms with Crippen LogP contribution in [0.3, 0.4) is 0 Å². The van der Waals surface area contributed by atoms with E-state index in [0.29, 0.717) is 6.42 Å². The number of carbonyl (C=O) groups is 1. The average molecular weight is 375 g/mol. The third-order valence-corrected chi connectivity index (χ3v) is 6.03. The fourth-order valence-electron chi connectivity index (χ4n) is 2.39. The third-order valence-electron chi connectivity index (χ3n) is 3.62. The summed E-state index contributed by atoms with van der Waals surface area (Å²) in [5.41, 5.74) is 1.83. The summed E-state index contributed by atoms with van der Waals surface area (Å²) in [5.74, 6) is 0.212. The van der Waals surface area contributed by atoms with E-state index in [1.165, 1.54) is 0 Å². The van der Waals surface area contributed by atoms with Gasteiger partial charge in [0.05, 0.1) is 23.7 Å². The second-order valence-electron chi connectivity index (χ2n) is 5.50. The van der Waals surface area contributed by atoms with Crippen LogP contribution in [-0.4, -0.2) is 50.4 Å². The van der Waals surface area contributed by atoms with Gasteiger partial charge in [-0.25, -0.2) is 8.42 Å². The van der Waals surface area contributed by atoms with E-state index in [4.69, 9.17) is 0 Å². The molecule has 1 fully saturated rings. The fourth-order valence-corrected chi connectivity index (χ4v) is 4.79. The molecule has 7 heteroatoms. The highest BCUT2D eigenvalue weighted by atomic mass is 79.9. The molecule has 0 spiro atoms. The first-order valence-electron chi connectivity index (χ1n) is 6.73. The van der Waals surface area contributed by atoms with E-state index in [0.717, 1.165) is 15.7 Å². The summed E-state index contributed by atoms with van der Waals surface area (Å²) in [4.78, 5) is 13.9. The van der Waals surface area contributed by atoms with Gasteiger partial charge in [0.25, 0.3) is 0 Å². The molecule has 0 aliphatic carbocycles. The molecule has 1 heterocycles. The number of hydrogen-bond acceptors (Lipinski definition) is 4. The van der Waals surface area contributed by atoms with E-state index in [9.17, 15) is 13.2 Å². The maximum Gasteiger partial charge on any atom is 0.238 e. The Morgan fingerprint density at radius 2 is 2.19 bits per heavy atom. The summed E-state index contributed by atoms with van der Waals surface area (Å²) < 4.78 is 23.8. The highest BCUT2D eigenvalue weighted by Crippen LogP contribution is 2.23. The van der Waals surface area contributed by atoms with Crippen molar-refractivity contribution in [1.29, 1.82) is 0 Å². The van der Waals surface area contributed by atoms with Gasteiger partial charge >= 0.3 is 0 Å². The Labute approximate surface area is 133 Å². The monoisotopic (exact) mass is 374 g/mol. The van der Waals surface area contributed by atoms with Crippen LogP contribution in [0.1, 0.15) is 12.0 Å². The van der Waals surface area contributed by atoms with Crippen molar-refractivity contribution in [2.24, 2.45) is 0 Å². The maximum absolute atomic E-state index is 12.1. The van der Waals surface area contributed by atoms with E-state index in [1.54, 1.807) is 7.05 Å². The molecule has 0 radical (unpaired) electrons. The Kier molecular flexibility index (Phi) is 5.06. The Bertz CT molecular complexity index is 646. The highest BCUT2D eigenvalue weighted by Gasteiger charge is 2.31. The van der Waals surface area contributed by atoms with E-state index >= 15 is 0 Å². The van der Waals surface area contributed by atoms with Crippen LogP contribution < -0.4 is 5.32 Å². The molecule has 5 nitrogen and oxygen atoms in total. The van der Waals surface area contributed by atoms with Crippen LogP contribution >= 0.6 is 15.9 Å². The standard InChI is InChI=1S/C14H19BrN2O3S/c1-10-3-4-13(12(15)7-10)16-14(18)8-17(2)11-5-6-21(19,20)9-11/h3-4,7,11H,5-6,8-9H2,1-2H3,(H,16,18). The number of carbonyl (C=O) groups excluding carboxylic acids is 1. The summed E-state index contributed by atoms with van der Waals surface area (Å²) >= 11 is 3.42. The van der Waals surface area contributed by atoms with Crippen molar-refractivity contribution in [3.05, 3.63) is 28.2 Å². The lowest BCUT2D eigenvalue weighted by Crippen LogP contribution is -2.38. The topological polar surface area (TPSA) is 66.5 Å². The van der Waals surface area contributed by atoms with Gasteiger partial charge in [0.2, 0.25) is 5.91 Å². The van der Waals surface area contributed by atoms with Crippen molar-refractivity contribution < 1.29 is 13.2 Å². The molecule has 1 N–H and O–H groups in total. The first-order valence-corrected chi connectivity index (χ1v) is 9.35. The molecule has 1 aromatic carbocycles. The summed E-state index contributed by atoms with van der Waals surface area (Å²) in [6.07, 6.45) is 0.598. The smallest absolute Gasteiger partial charge is 0.238 e. The lowest BCUT2D eigenvalue weighted by molar-refractivity contribution is -0.117. The summed E-state index contributed by atoms with van der Waals surface area (Å²) in [7, 11) is -1.14. The number of benzene rings is 1. The zero-order valence-electron chi connectivity index (χ0n) is 12.1. The fraction of sp³-hybridized carbons (Fsp3) is 0.500. The van der Waals surface area contributed by atoms with Crippen LogP contribution in [0.4, 0.5) is 5.69 Å². The number of nitrogens with zero attached hydrogens (tertiary/aromatic N) is 1. The Morgan fingerprint density at radius 1 is 1.48 bits per heavy atom. The van der Waals surface area contributed by atoms with Gasteiger partial charge in [0, 0.05) is 10.5 Å². The maximum atomic E-state index is 12.1. The van der Waals surface area contributed by atoms with Gasteiger partial charge < -0.3 is 5.32 Å². The Balaban J connectivity index is 1.92. The summed E-state index contributed by atoms with van der Waals surface area (Å²) in [5, 5.41) is 2.84. The molecular formula is C14H19BrN2O3S. The van der Waals surface area contributed by atoms with Crippen LogP contribution in [0.2, 0.25) is 0 Å². The number of aryl methyl sites for hydroxylation is 1. The molecule has 1 amide bonds. The van der Waals surface area contributed by atoms with Crippen molar-refractivity contribution in [2.75, 3.05) is 30.4 Å². The van der Waals surface area contributed by atoms with Crippen LogP contribution in [0, 0.1) is 6.92 Å². The van der Waals surface area contributed by atoms with Crippen molar-refractivity contribution >= 4 is 37.4 Å². The molecule has 2 rings (SSSR count).